The topological polar surface area (TPSA) is 98.1 Å². The van der Waals surface area contributed by atoms with Gasteiger partial charge >= 0.3 is 0 Å². The lowest BCUT2D eigenvalue weighted by molar-refractivity contribution is 0.102. The molecule has 0 aliphatic carbocycles. The molecule has 2 aromatic heterocycles. The molecule has 0 saturated carbocycles. The average molecular weight is 359 g/mol. The van der Waals surface area contributed by atoms with Crippen LogP contribution < -0.4 is 10.1 Å². The Labute approximate surface area is 148 Å². The van der Waals surface area contributed by atoms with Crippen molar-refractivity contribution in [2.75, 3.05) is 26.5 Å². The van der Waals surface area contributed by atoms with Crippen LogP contribution in [0.15, 0.2) is 29.9 Å². The first kappa shape index (κ1) is 17.0. The minimum atomic E-state index is -0.280. The maximum Gasteiger partial charge on any atom is 0.275 e. The zero-order chi connectivity index (χ0) is 17.8. The molecule has 130 valence electrons. The summed E-state index contributed by atoms with van der Waals surface area (Å²) in [6.45, 7) is 0.695. The van der Waals surface area contributed by atoms with E-state index in [1.54, 1.807) is 30.7 Å². The third-order valence-electron chi connectivity index (χ3n) is 3.23. The first-order chi connectivity index (χ1) is 12.0. The average Bonchev–Trinajstić information content (AvgIpc) is 3.25. The number of nitrogens with zero attached hydrogens (tertiary/aromatic N) is 6. The van der Waals surface area contributed by atoms with E-state index < -0.39 is 0 Å². The fourth-order valence-corrected chi connectivity index (χ4v) is 3.03. The number of hydrogen-bond donors (Lipinski definition) is 1. The van der Waals surface area contributed by atoms with E-state index >= 15 is 0 Å². The second-order valence-electron chi connectivity index (χ2n) is 5.49. The van der Waals surface area contributed by atoms with Crippen molar-refractivity contribution in [3.8, 4) is 11.4 Å². The first-order valence-corrected chi connectivity index (χ1v) is 8.26. The van der Waals surface area contributed by atoms with Crippen LogP contribution in [0.2, 0.25) is 0 Å². The molecule has 0 radical (unpaired) electrons. The largest absolute Gasteiger partial charge is 0.497 e. The van der Waals surface area contributed by atoms with Gasteiger partial charge in [0.05, 0.1) is 12.8 Å². The lowest BCUT2D eigenvalue weighted by atomic mass is 10.2. The van der Waals surface area contributed by atoms with Gasteiger partial charge in [-0.05, 0) is 30.6 Å². The number of anilines is 1. The number of carbonyl (C=O) groups is 1. The van der Waals surface area contributed by atoms with Crippen LogP contribution in [0.5, 0.6) is 5.75 Å². The van der Waals surface area contributed by atoms with Crippen LogP contribution in [-0.4, -0.2) is 57.2 Å². The SMILES string of the molecule is COc1cc(NC(=O)c2csc(CN(C)C)n2)cc(-n2cnnn2)c1. The van der Waals surface area contributed by atoms with Crippen molar-refractivity contribution in [1.29, 1.82) is 0 Å². The summed E-state index contributed by atoms with van der Waals surface area (Å²) < 4.78 is 6.76. The number of tetrazole rings is 1. The second kappa shape index (κ2) is 7.36. The summed E-state index contributed by atoms with van der Waals surface area (Å²) in [6, 6.07) is 5.24. The summed E-state index contributed by atoms with van der Waals surface area (Å²) in [4.78, 5) is 18.8. The summed E-state index contributed by atoms with van der Waals surface area (Å²) >= 11 is 1.46. The molecular formula is C15H17N7O2S. The molecule has 9 nitrogen and oxygen atoms in total. The van der Waals surface area contributed by atoms with Crippen LogP contribution in [0.3, 0.4) is 0 Å². The molecule has 0 bridgehead atoms. The molecule has 2 heterocycles. The molecule has 0 aliphatic rings. The van der Waals surface area contributed by atoms with Crippen molar-refractivity contribution in [2.24, 2.45) is 0 Å². The van der Waals surface area contributed by atoms with Crippen molar-refractivity contribution in [3.63, 3.8) is 0 Å². The van der Waals surface area contributed by atoms with E-state index in [0.717, 1.165) is 5.01 Å². The minimum absolute atomic E-state index is 0.280. The van der Waals surface area contributed by atoms with Crippen molar-refractivity contribution in [3.05, 3.63) is 40.6 Å². The number of methoxy groups -OCH3 is 1. The van der Waals surface area contributed by atoms with Crippen molar-refractivity contribution < 1.29 is 9.53 Å². The van der Waals surface area contributed by atoms with Crippen LogP contribution in [0.4, 0.5) is 5.69 Å². The predicted molar refractivity (Wildman–Crippen MR) is 93.2 cm³/mol. The summed E-state index contributed by atoms with van der Waals surface area (Å²) in [7, 11) is 5.47. The summed E-state index contributed by atoms with van der Waals surface area (Å²) in [5, 5.41) is 16.5. The Balaban J connectivity index is 1.81. The molecule has 0 fully saturated rings. The monoisotopic (exact) mass is 359 g/mol. The molecule has 1 aromatic carbocycles. The molecule has 0 saturated heterocycles. The van der Waals surface area contributed by atoms with Gasteiger partial charge in [0.1, 0.15) is 22.8 Å². The van der Waals surface area contributed by atoms with Crippen LogP contribution in [-0.2, 0) is 6.54 Å². The smallest absolute Gasteiger partial charge is 0.275 e. The third-order valence-corrected chi connectivity index (χ3v) is 4.07. The summed E-state index contributed by atoms with van der Waals surface area (Å²) in [5.74, 6) is 0.298. The van der Waals surface area contributed by atoms with E-state index in [4.69, 9.17) is 4.74 Å². The summed E-state index contributed by atoms with van der Waals surface area (Å²) in [5.41, 5.74) is 1.62. The highest BCUT2D eigenvalue weighted by Crippen LogP contribution is 2.23. The highest BCUT2D eigenvalue weighted by atomic mass is 32.1. The number of hydrogen-bond acceptors (Lipinski definition) is 8. The van der Waals surface area contributed by atoms with Crippen LogP contribution in [0.25, 0.3) is 5.69 Å². The van der Waals surface area contributed by atoms with Crippen molar-refractivity contribution in [2.45, 2.75) is 6.54 Å². The van der Waals surface area contributed by atoms with Gasteiger partial charge < -0.3 is 15.0 Å². The van der Waals surface area contributed by atoms with E-state index in [1.807, 2.05) is 19.0 Å². The first-order valence-electron chi connectivity index (χ1n) is 7.38. The molecule has 10 heteroatoms. The molecule has 0 spiro atoms. The Kier molecular flexibility index (Phi) is 5.00. The van der Waals surface area contributed by atoms with Crippen molar-refractivity contribution in [1.82, 2.24) is 30.1 Å². The second-order valence-corrected chi connectivity index (χ2v) is 6.44. The zero-order valence-electron chi connectivity index (χ0n) is 14.0. The fourth-order valence-electron chi connectivity index (χ4n) is 2.14. The number of ether oxygens (including phenoxy) is 1. The van der Waals surface area contributed by atoms with Gasteiger partial charge in [-0.15, -0.1) is 16.4 Å². The number of carbonyl (C=O) groups excluding carboxylic acids is 1. The molecule has 25 heavy (non-hydrogen) atoms. The Bertz CT molecular complexity index is 861. The molecular weight excluding hydrogens is 342 g/mol. The molecule has 0 atom stereocenters. The Morgan fingerprint density at radius 3 is 2.88 bits per heavy atom. The number of benzene rings is 1. The molecule has 0 aliphatic heterocycles. The van der Waals surface area contributed by atoms with E-state index in [1.165, 1.54) is 22.3 Å². The molecule has 1 N–H and O–H groups in total. The standard InChI is InChI=1S/C15H17N7O2S/c1-21(2)7-14-18-13(8-25-14)15(23)17-10-4-11(6-12(5-10)24-3)22-9-16-19-20-22/h4-6,8-9H,7H2,1-3H3,(H,17,23). The van der Waals surface area contributed by atoms with Crippen LogP contribution >= 0.6 is 11.3 Å². The van der Waals surface area contributed by atoms with Gasteiger partial charge in [0.25, 0.3) is 5.91 Å². The molecule has 1 amide bonds. The number of amides is 1. The number of thiazole rings is 1. The Morgan fingerprint density at radius 2 is 2.20 bits per heavy atom. The number of aromatic nitrogens is 5. The Morgan fingerprint density at radius 1 is 1.36 bits per heavy atom. The van der Waals surface area contributed by atoms with Gasteiger partial charge in [-0.3, -0.25) is 4.79 Å². The van der Waals surface area contributed by atoms with Gasteiger partial charge in [-0.25, -0.2) is 9.67 Å². The molecule has 3 aromatic rings. The van der Waals surface area contributed by atoms with Gasteiger partial charge in [0.2, 0.25) is 0 Å². The lowest BCUT2D eigenvalue weighted by Crippen LogP contribution is -2.14. The molecule has 0 unspecified atom stereocenters. The normalized spacial score (nSPS) is 10.9. The maximum atomic E-state index is 12.4. The van der Waals surface area contributed by atoms with Gasteiger partial charge in [-0.2, -0.15) is 0 Å². The van der Waals surface area contributed by atoms with Crippen molar-refractivity contribution >= 4 is 22.9 Å². The van der Waals surface area contributed by atoms with Gasteiger partial charge in [0.15, 0.2) is 0 Å². The van der Waals surface area contributed by atoms with E-state index in [0.29, 0.717) is 29.4 Å². The fraction of sp³-hybridized carbons (Fsp3) is 0.267. The van der Waals surface area contributed by atoms with Crippen LogP contribution in [0.1, 0.15) is 15.5 Å². The predicted octanol–water partition coefficient (Wildman–Crippen LogP) is 1.44. The quantitative estimate of drug-likeness (QED) is 0.711. The maximum absolute atomic E-state index is 12.4. The molecule has 3 rings (SSSR count). The van der Waals surface area contributed by atoms with E-state index in [2.05, 4.69) is 25.8 Å². The van der Waals surface area contributed by atoms with E-state index in [9.17, 15) is 4.79 Å². The highest BCUT2D eigenvalue weighted by molar-refractivity contribution is 7.09. The number of nitrogens with one attached hydrogen (secondary N) is 1. The van der Waals surface area contributed by atoms with Gasteiger partial charge in [0, 0.05) is 29.7 Å². The third kappa shape index (κ3) is 4.17. The summed E-state index contributed by atoms with van der Waals surface area (Å²) in [6.07, 6.45) is 1.47. The zero-order valence-corrected chi connectivity index (χ0v) is 14.8. The highest BCUT2D eigenvalue weighted by Gasteiger charge is 2.13. The Hall–Kier alpha value is -2.85. The minimum Gasteiger partial charge on any atom is -0.497 e. The number of rotatable bonds is 6. The lowest BCUT2D eigenvalue weighted by Gasteiger charge is -2.09. The van der Waals surface area contributed by atoms with Gasteiger partial charge in [-0.1, -0.05) is 0 Å². The van der Waals surface area contributed by atoms with E-state index in [-0.39, 0.29) is 5.91 Å². The van der Waals surface area contributed by atoms with Crippen LogP contribution in [0, 0.1) is 0 Å².